The van der Waals surface area contributed by atoms with Crippen LogP contribution < -0.4 is 15.4 Å². The molecule has 2 rings (SSSR count). The molecule has 1 aromatic rings. The van der Waals surface area contributed by atoms with Gasteiger partial charge in [0, 0.05) is 25.7 Å². The van der Waals surface area contributed by atoms with E-state index >= 15 is 0 Å². The molecule has 1 fully saturated rings. The van der Waals surface area contributed by atoms with E-state index in [0.717, 1.165) is 24.2 Å². The van der Waals surface area contributed by atoms with E-state index in [4.69, 9.17) is 17.0 Å². The number of piperidine rings is 1. The first kappa shape index (κ1) is 19.9. The van der Waals surface area contributed by atoms with E-state index in [9.17, 15) is 8.42 Å². The fourth-order valence-electron chi connectivity index (χ4n) is 2.83. The summed E-state index contributed by atoms with van der Waals surface area (Å²) in [5.41, 5.74) is 1.12. The van der Waals surface area contributed by atoms with Gasteiger partial charge < -0.3 is 15.4 Å². The Labute approximate surface area is 156 Å². The Morgan fingerprint density at radius 3 is 2.48 bits per heavy atom. The summed E-state index contributed by atoms with van der Waals surface area (Å²) < 4.78 is 30.9. The van der Waals surface area contributed by atoms with Crippen molar-refractivity contribution in [2.24, 2.45) is 0 Å². The van der Waals surface area contributed by atoms with Gasteiger partial charge in [0.25, 0.3) is 0 Å². The van der Waals surface area contributed by atoms with E-state index in [1.807, 2.05) is 31.2 Å². The highest BCUT2D eigenvalue weighted by atomic mass is 32.2. The maximum atomic E-state index is 12.1. The van der Waals surface area contributed by atoms with E-state index in [1.54, 1.807) is 11.4 Å². The van der Waals surface area contributed by atoms with Crippen LogP contribution in [0.3, 0.4) is 0 Å². The minimum Gasteiger partial charge on any atom is -0.497 e. The third kappa shape index (κ3) is 6.13. The first-order valence-electron chi connectivity index (χ1n) is 8.59. The van der Waals surface area contributed by atoms with Crippen molar-refractivity contribution in [3.8, 4) is 5.75 Å². The molecular formula is C17H27N3O3S2. The number of thiocarbonyl (C=S) groups is 1. The van der Waals surface area contributed by atoms with Gasteiger partial charge in [-0.1, -0.05) is 19.1 Å². The van der Waals surface area contributed by atoms with E-state index in [1.165, 1.54) is 0 Å². The lowest BCUT2D eigenvalue weighted by molar-refractivity contribution is 0.307. The molecular weight excluding hydrogens is 358 g/mol. The summed E-state index contributed by atoms with van der Waals surface area (Å²) in [4.78, 5) is 0. The van der Waals surface area contributed by atoms with Crippen molar-refractivity contribution in [3.63, 3.8) is 0 Å². The molecule has 0 unspecified atom stereocenters. The Bertz CT molecular complexity index is 654. The van der Waals surface area contributed by atoms with Gasteiger partial charge in [-0.3, -0.25) is 0 Å². The summed E-state index contributed by atoms with van der Waals surface area (Å²) in [7, 11) is -1.45. The van der Waals surface area contributed by atoms with Crippen molar-refractivity contribution in [1.82, 2.24) is 14.9 Å². The highest BCUT2D eigenvalue weighted by molar-refractivity contribution is 7.89. The fraction of sp³-hybridized carbons (Fsp3) is 0.588. The maximum Gasteiger partial charge on any atom is 0.214 e. The Morgan fingerprint density at radius 2 is 1.92 bits per heavy atom. The van der Waals surface area contributed by atoms with Gasteiger partial charge in [-0.05, 0) is 49.2 Å². The zero-order chi connectivity index (χ0) is 18.3. The predicted molar refractivity (Wildman–Crippen MR) is 104 cm³/mol. The molecule has 1 aliphatic heterocycles. The minimum absolute atomic E-state index is 0.212. The number of nitrogens with one attached hydrogen (secondary N) is 2. The monoisotopic (exact) mass is 385 g/mol. The number of sulfonamides is 1. The SMILES string of the molecule is CCCS(=O)(=O)N1CCC(NC(=S)NCc2ccc(OC)cc2)CC1. The van der Waals surface area contributed by atoms with Crippen LogP contribution in [-0.4, -0.2) is 49.8 Å². The lowest BCUT2D eigenvalue weighted by atomic mass is 10.1. The molecule has 0 spiro atoms. The molecule has 8 heteroatoms. The van der Waals surface area contributed by atoms with Crippen LogP contribution in [-0.2, 0) is 16.6 Å². The molecule has 6 nitrogen and oxygen atoms in total. The molecule has 1 saturated heterocycles. The molecule has 25 heavy (non-hydrogen) atoms. The van der Waals surface area contributed by atoms with Gasteiger partial charge in [0.2, 0.25) is 10.0 Å². The summed E-state index contributed by atoms with van der Waals surface area (Å²) in [6.45, 7) is 3.64. The lowest BCUT2D eigenvalue weighted by Gasteiger charge is -2.32. The Morgan fingerprint density at radius 1 is 1.28 bits per heavy atom. The molecule has 0 aromatic heterocycles. The number of hydrogen-bond acceptors (Lipinski definition) is 4. The van der Waals surface area contributed by atoms with Gasteiger partial charge in [0.05, 0.1) is 12.9 Å². The van der Waals surface area contributed by atoms with Crippen molar-refractivity contribution in [3.05, 3.63) is 29.8 Å². The number of methoxy groups -OCH3 is 1. The lowest BCUT2D eigenvalue weighted by Crippen LogP contribution is -2.49. The fourth-order valence-corrected chi connectivity index (χ4v) is 4.61. The second kappa shape index (κ2) is 9.35. The largest absolute Gasteiger partial charge is 0.497 e. The van der Waals surface area contributed by atoms with E-state index in [2.05, 4.69) is 10.6 Å². The van der Waals surface area contributed by atoms with Gasteiger partial charge in [0.1, 0.15) is 5.75 Å². The van der Waals surface area contributed by atoms with Gasteiger partial charge in [-0.15, -0.1) is 0 Å². The summed E-state index contributed by atoms with van der Waals surface area (Å²) in [5.74, 6) is 1.06. The van der Waals surface area contributed by atoms with Gasteiger partial charge in [-0.2, -0.15) is 0 Å². The topological polar surface area (TPSA) is 70.7 Å². The number of ether oxygens (including phenoxy) is 1. The molecule has 1 aromatic carbocycles. The second-order valence-corrected chi connectivity index (χ2v) is 8.66. The Balaban J connectivity index is 1.73. The van der Waals surface area contributed by atoms with Gasteiger partial charge in [0.15, 0.2) is 5.11 Å². The summed E-state index contributed by atoms with van der Waals surface area (Å²) in [6.07, 6.45) is 2.19. The van der Waals surface area contributed by atoms with Crippen LogP contribution >= 0.6 is 12.2 Å². The van der Waals surface area contributed by atoms with E-state index in [0.29, 0.717) is 31.2 Å². The molecule has 0 bridgehead atoms. The Hall–Kier alpha value is -1.38. The van der Waals surface area contributed by atoms with Crippen LogP contribution in [0.5, 0.6) is 5.75 Å². The van der Waals surface area contributed by atoms with E-state index < -0.39 is 10.0 Å². The maximum absolute atomic E-state index is 12.1. The Kier molecular flexibility index (Phi) is 7.46. The highest BCUT2D eigenvalue weighted by Crippen LogP contribution is 2.15. The molecule has 0 radical (unpaired) electrons. The molecule has 140 valence electrons. The molecule has 1 aliphatic rings. The summed E-state index contributed by atoms with van der Waals surface area (Å²) in [5, 5.41) is 7.09. The van der Waals surface area contributed by atoms with Crippen molar-refractivity contribution in [1.29, 1.82) is 0 Å². The first-order valence-corrected chi connectivity index (χ1v) is 10.6. The number of benzene rings is 1. The molecule has 2 N–H and O–H groups in total. The molecule has 1 heterocycles. The van der Waals surface area contributed by atoms with Crippen molar-refractivity contribution in [2.45, 2.75) is 38.8 Å². The third-order valence-corrected chi connectivity index (χ3v) is 6.60. The molecule has 0 aliphatic carbocycles. The number of nitrogens with zero attached hydrogens (tertiary/aromatic N) is 1. The zero-order valence-corrected chi connectivity index (χ0v) is 16.5. The van der Waals surface area contributed by atoms with Crippen LogP contribution in [0.15, 0.2) is 24.3 Å². The quantitative estimate of drug-likeness (QED) is 0.698. The van der Waals surface area contributed by atoms with Crippen molar-refractivity contribution < 1.29 is 13.2 Å². The molecule has 0 amide bonds. The second-order valence-electron chi connectivity index (χ2n) is 6.16. The van der Waals surface area contributed by atoms with Crippen LogP contribution in [0.25, 0.3) is 0 Å². The normalized spacial score (nSPS) is 16.4. The first-order chi connectivity index (χ1) is 11.9. The van der Waals surface area contributed by atoms with Crippen LogP contribution in [0.2, 0.25) is 0 Å². The average Bonchev–Trinajstić information content (AvgIpc) is 2.61. The van der Waals surface area contributed by atoms with Gasteiger partial charge in [-0.25, -0.2) is 12.7 Å². The van der Waals surface area contributed by atoms with Crippen molar-refractivity contribution in [2.75, 3.05) is 26.0 Å². The van der Waals surface area contributed by atoms with Crippen molar-refractivity contribution >= 4 is 27.4 Å². The molecule has 0 saturated carbocycles. The number of rotatable bonds is 7. The van der Waals surface area contributed by atoms with Crippen LogP contribution in [0, 0.1) is 0 Å². The number of hydrogen-bond donors (Lipinski definition) is 2. The highest BCUT2D eigenvalue weighted by Gasteiger charge is 2.27. The van der Waals surface area contributed by atoms with Crippen LogP contribution in [0.1, 0.15) is 31.7 Å². The van der Waals surface area contributed by atoms with Gasteiger partial charge >= 0.3 is 0 Å². The van der Waals surface area contributed by atoms with E-state index in [-0.39, 0.29) is 11.8 Å². The smallest absolute Gasteiger partial charge is 0.214 e. The molecule has 0 atom stereocenters. The predicted octanol–water partition coefficient (Wildman–Crippen LogP) is 1.86. The minimum atomic E-state index is -3.09. The standard InChI is InChI=1S/C17H27N3O3S2/c1-3-12-25(21,22)20-10-8-15(9-11-20)19-17(24)18-13-14-4-6-16(23-2)7-5-14/h4-7,15H,3,8-13H2,1-2H3,(H2,18,19,24). The zero-order valence-electron chi connectivity index (χ0n) is 14.8. The summed E-state index contributed by atoms with van der Waals surface area (Å²) in [6, 6.07) is 8.03. The average molecular weight is 386 g/mol. The summed E-state index contributed by atoms with van der Waals surface area (Å²) >= 11 is 5.35. The third-order valence-electron chi connectivity index (χ3n) is 4.26. The van der Waals surface area contributed by atoms with Crippen LogP contribution in [0.4, 0.5) is 0 Å².